The number of carboxylic acids is 1. The lowest BCUT2D eigenvalue weighted by molar-refractivity contribution is -0.142. The second-order valence-electron chi connectivity index (χ2n) is 4.70. The lowest BCUT2D eigenvalue weighted by Gasteiger charge is -2.13. The molecule has 6 nitrogen and oxygen atoms in total. The topological polar surface area (TPSA) is 83.7 Å². The summed E-state index contributed by atoms with van der Waals surface area (Å²) in [6.45, 7) is 0. The van der Waals surface area contributed by atoms with Crippen LogP contribution < -0.4 is 5.32 Å². The van der Waals surface area contributed by atoms with E-state index in [4.69, 9.17) is 5.11 Å². The molecule has 2 aromatic rings. The van der Waals surface area contributed by atoms with Crippen LogP contribution in [0.15, 0.2) is 17.8 Å². The van der Waals surface area contributed by atoms with Crippen LogP contribution in [0.25, 0.3) is 4.96 Å². The van der Waals surface area contributed by atoms with Crippen LogP contribution in [0, 0.1) is 5.92 Å². The number of aromatic nitrogens is 2. The Morgan fingerprint density at radius 3 is 3.05 bits per heavy atom. The molecule has 1 fully saturated rings. The average molecular weight is 279 g/mol. The van der Waals surface area contributed by atoms with E-state index < -0.39 is 12.0 Å². The van der Waals surface area contributed by atoms with Gasteiger partial charge in [0, 0.05) is 23.5 Å². The predicted molar refractivity (Wildman–Crippen MR) is 69.1 cm³/mol. The van der Waals surface area contributed by atoms with E-state index in [1.54, 1.807) is 12.4 Å². The molecule has 0 saturated heterocycles. The average Bonchev–Trinajstić information content (AvgIpc) is 2.96. The van der Waals surface area contributed by atoms with Gasteiger partial charge in [-0.25, -0.2) is 9.78 Å². The fourth-order valence-corrected chi connectivity index (χ4v) is 2.95. The van der Waals surface area contributed by atoms with Crippen LogP contribution in [-0.4, -0.2) is 32.4 Å². The second kappa shape index (κ2) is 4.65. The smallest absolute Gasteiger partial charge is 0.326 e. The molecule has 1 aliphatic carbocycles. The molecule has 2 N–H and O–H groups in total. The summed E-state index contributed by atoms with van der Waals surface area (Å²) in [5.74, 6) is -1.11. The van der Waals surface area contributed by atoms with Crippen LogP contribution in [-0.2, 0) is 16.0 Å². The van der Waals surface area contributed by atoms with Gasteiger partial charge in [-0.3, -0.25) is 9.20 Å². The number of carbonyl (C=O) groups excluding carboxylic acids is 1. The van der Waals surface area contributed by atoms with Gasteiger partial charge in [0.05, 0.1) is 6.42 Å². The lowest BCUT2D eigenvalue weighted by atomic mass is 10.2. The van der Waals surface area contributed by atoms with Crippen LogP contribution in [0.1, 0.15) is 18.5 Å². The Labute approximate surface area is 113 Å². The largest absolute Gasteiger partial charge is 0.480 e. The third kappa shape index (κ3) is 2.46. The zero-order valence-electron chi connectivity index (χ0n) is 10.1. The normalized spacial score (nSPS) is 16.4. The Bertz CT molecular complexity index is 629. The Morgan fingerprint density at radius 2 is 2.37 bits per heavy atom. The van der Waals surface area contributed by atoms with E-state index in [1.165, 1.54) is 11.3 Å². The fraction of sp³-hybridized carbons (Fsp3) is 0.417. The van der Waals surface area contributed by atoms with Crippen molar-refractivity contribution in [3.63, 3.8) is 0 Å². The highest BCUT2D eigenvalue weighted by Crippen LogP contribution is 2.32. The van der Waals surface area contributed by atoms with Gasteiger partial charge in [0.2, 0.25) is 5.91 Å². The molecule has 1 amide bonds. The quantitative estimate of drug-likeness (QED) is 0.852. The number of rotatable bonds is 5. The van der Waals surface area contributed by atoms with Gasteiger partial charge in [0.1, 0.15) is 6.04 Å². The molecule has 2 heterocycles. The number of carboxylic acid groups (broad SMARTS) is 1. The molecule has 1 aliphatic rings. The molecule has 1 unspecified atom stereocenters. The summed E-state index contributed by atoms with van der Waals surface area (Å²) in [5, 5.41) is 13.5. The molecular formula is C12H13N3O3S. The van der Waals surface area contributed by atoms with E-state index in [2.05, 4.69) is 10.3 Å². The Balaban J connectivity index is 1.68. The van der Waals surface area contributed by atoms with Crippen molar-refractivity contribution in [3.05, 3.63) is 23.5 Å². The van der Waals surface area contributed by atoms with E-state index in [1.807, 2.05) is 9.78 Å². The van der Waals surface area contributed by atoms with E-state index in [0.717, 1.165) is 23.5 Å². The number of fused-ring (bicyclic) bond motifs is 1. The molecule has 0 aliphatic heterocycles. The summed E-state index contributed by atoms with van der Waals surface area (Å²) in [4.78, 5) is 27.9. The van der Waals surface area contributed by atoms with Crippen molar-refractivity contribution < 1.29 is 14.7 Å². The maximum Gasteiger partial charge on any atom is 0.326 e. The molecule has 7 heteroatoms. The molecule has 0 aromatic carbocycles. The zero-order chi connectivity index (χ0) is 13.4. The minimum atomic E-state index is -0.950. The van der Waals surface area contributed by atoms with Crippen molar-refractivity contribution in [3.8, 4) is 0 Å². The predicted octanol–water partition coefficient (Wildman–Crippen LogP) is 0.918. The number of nitrogens with one attached hydrogen (secondary N) is 1. The van der Waals surface area contributed by atoms with Crippen LogP contribution in [0.5, 0.6) is 0 Å². The van der Waals surface area contributed by atoms with Crippen LogP contribution in [0.4, 0.5) is 0 Å². The molecular weight excluding hydrogens is 266 g/mol. The van der Waals surface area contributed by atoms with Crippen LogP contribution >= 0.6 is 11.3 Å². The number of hydrogen-bond donors (Lipinski definition) is 2. The number of amides is 1. The molecule has 1 saturated carbocycles. The first kappa shape index (κ1) is 12.2. The first-order chi connectivity index (χ1) is 9.15. The highest BCUT2D eigenvalue weighted by molar-refractivity contribution is 7.15. The highest BCUT2D eigenvalue weighted by Gasteiger charge is 2.37. The summed E-state index contributed by atoms with van der Waals surface area (Å²) in [6.07, 6.45) is 5.40. The third-order valence-electron chi connectivity index (χ3n) is 3.23. The maximum atomic E-state index is 11.9. The van der Waals surface area contributed by atoms with Crippen molar-refractivity contribution in [1.82, 2.24) is 14.7 Å². The van der Waals surface area contributed by atoms with Gasteiger partial charge < -0.3 is 10.4 Å². The number of carbonyl (C=O) groups is 2. The number of nitrogens with zero attached hydrogens (tertiary/aromatic N) is 2. The molecule has 1 atom stereocenters. The van der Waals surface area contributed by atoms with Crippen molar-refractivity contribution in [1.29, 1.82) is 0 Å². The Hall–Kier alpha value is -1.89. The van der Waals surface area contributed by atoms with Crippen molar-refractivity contribution in [2.45, 2.75) is 25.3 Å². The summed E-state index contributed by atoms with van der Waals surface area (Å²) in [6, 6.07) is -0.746. The maximum absolute atomic E-state index is 11.9. The number of thiazole rings is 1. The van der Waals surface area contributed by atoms with E-state index in [9.17, 15) is 9.59 Å². The summed E-state index contributed by atoms with van der Waals surface area (Å²) >= 11 is 1.46. The molecule has 3 rings (SSSR count). The molecule has 2 aromatic heterocycles. The molecule has 0 bridgehead atoms. The first-order valence-electron chi connectivity index (χ1n) is 6.07. The van der Waals surface area contributed by atoms with Gasteiger partial charge in [-0.1, -0.05) is 0 Å². The number of imidazole rings is 1. The summed E-state index contributed by atoms with van der Waals surface area (Å²) in [7, 11) is 0. The summed E-state index contributed by atoms with van der Waals surface area (Å²) < 4.78 is 1.84. The lowest BCUT2D eigenvalue weighted by Crippen LogP contribution is -2.43. The Morgan fingerprint density at radius 1 is 1.58 bits per heavy atom. The fourth-order valence-electron chi connectivity index (χ4n) is 2.10. The second-order valence-corrected chi connectivity index (χ2v) is 5.54. The monoisotopic (exact) mass is 279 g/mol. The van der Waals surface area contributed by atoms with Gasteiger partial charge in [0.25, 0.3) is 0 Å². The van der Waals surface area contributed by atoms with Gasteiger partial charge in [-0.15, -0.1) is 11.3 Å². The van der Waals surface area contributed by atoms with Gasteiger partial charge >= 0.3 is 5.97 Å². The van der Waals surface area contributed by atoms with E-state index >= 15 is 0 Å². The zero-order valence-corrected chi connectivity index (χ0v) is 10.9. The van der Waals surface area contributed by atoms with E-state index in [-0.39, 0.29) is 18.2 Å². The molecule has 100 valence electrons. The standard InChI is InChI=1S/C12H13N3O3S/c16-9(14-10(11(17)18)7-1-2-7)5-8-6-19-12-13-3-4-15(8)12/h3-4,6-7,10H,1-2,5H2,(H,14,16)(H,17,18). The third-order valence-corrected chi connectivity index (χ3v) is 4.14. The highest BCUT2D eigenvalue weighted by atomic mass is 32.1. The number of hydrogen-bond acceptors (Lipinski definition) is 4. The van der Waals surface area contributed by atoms with Gasteiger partial charge in [0.15, 0.2) is 4.96 Å². The summed E-state index contributed by atoms with van der Waals surface area (Å²) in [5.41, 5.74) is 0.829. The number of aliphatic carboxylic acids is 1. The van der Waals surface area contributed by atoms with Crippen molar-refractivity contribution in [2.75, 3.05) is 0 Å². The molecule has 0 spiro atoms. The minimum absolute atomic E-state index is 0.0946. The van der Waals surface area contributed by atoms with Crippen LogP contribution in [0.2, 0.25) is 0 Å². The SMILES string of the molecule is O=C(Cc1csc2nccn12)NC(C(=O)O)C1CC1. The van der Waals surface area contributed by atoms with Gasteiger partial charge in [-0.05, 0) is 18.8 Å². The van der Waals surface area contributed by atoms with Gasteiger partial charge in [-0.2, -0.15) is 0 Å². The van der Waals surface area contributed by atoms with E-state index in [0.29, 0.717) is 0 Å². The first-order valence-corrected chi connectivity index (χ1v) is 6.94. The van der Waals surface area contributed by atoms with Crippen molar-refractivity contribution in [2.24, 2.45) is 5.92 Å². The Kier molecular flexibility index (Phi) is 2.98. The minimum Gasteiger partial charge on any atom is -0.480 e. The molecule has 0 radical (unpaired) electrons. The van der Waals surface area contributed by atoms with Crippen molar-refractivity contribution >= 4 is 28.2 Å². The van der Waals surface area contributed by atoms with Crippen LogP contribution in [0.3, 0.4) is 0 Å². The molecule has 19 heavy (non-hydrogen) atoms.